The van der Waals surface area contributed by atoms with Gasteiger partial charge in [-0.1, -0.05) is 30.2 Å². The summed E-state index contributed by atoms with van der Waals surface area (Å²) in [6, 6.07) is 13.9. The van der Waals surface area contributed by atoms with Gasteiger partial charge in [0.25, 0.3) is 0 Å². The molecule has 34 heavy (non-hydrogen) atoms. The van der Waals surface area contributed by atoms with Crippen LogP contribution in [0.25, 0.3) is 0 Å². The number of carbonyl (C=O) groups is 2. The van der Waals surface area contributed by atoms with Crippen molar-refractivity contribution < 1.29 is 19.4 Å². The molecule has 2 aromatic carbocycles. The molecule has 184 valence electrons. The van der Waals surface area contributed by atoms with Crippen molar-refractivity contribution in [2.45, 2.75) is 57.1 Å². The van der Waals surface area contributed by atoms with Gasteiger partial charge in [-0.25, -0.2) is 0 Å². The van der Waals surface area contributed by atoms with Crippen molar-refractivity contribution in [2.75, 3.05) is 26.7 Å². The Kier molecular flexibility index (Phi) is 10.4. The summed E-state index contributed by atoms with van der Waals surface area (Å²) < 4.78 is 5.12. The molecule has 1 fully saturated rings. The summed E-state index contributed by atoms with van der Waals surface area (Å²) in [5, 5.41) is 14.6. The number of ketones is 1. The quantitative estimate of drug-likeness (QED) is 0.314. The largest absolute Gasteiger partial charge is 0.497 e. The molecule has 1 aliphatic heterocycles. The third-order valence-electron chi connectivity index (χ3n) is 6.31. The smallest absolute Gasteiger partial charge is 0.220 e. The van der Waals surface area contributed by atoms with Gasteiger partial charge in [0.2, 0.25) is 5.91 Å². The summed E-state index contributed by atoms with van der Waals surface area (Å²) in [6.07, 6.45) is 4.56. The van der Waals surface area contributed by atoms with Crippen LogP contribution >= 0.6 is 11.6 Å². The molecular formula is C27H35ClN2O4. The molecule has 6 nitrogen and oxygen atoms in total. The van der Waals surface area contributed by atoms with Crippen molar-refractivity contribution >= 4 is 23.3 Å². The van der Waals surface area contributed by atoms with Gasteiger partial charge < -0.3 is 20.1 Å². The molecule has 1 amide bonds. The summed E-state index contributed by atoms with van der Waals surface area (Å²) in [5.41, 5.74) is 1.42. The third-order valence-corrected chi connectivity index (χ3v) is 6.56. The Bertz CT molecular complexity index is 911. The normalized spacial score (nSPS) is 15.6. The predicted molar refractivity (Wildman–Crippen MR) is 134 cm³/mol. The van der Waals surface area contributed by atoms with Crippen LogP contribution in [0.5, 0.6) is 5.75 Å². The second kappa shape index (κ2) is 13.5. The van der Waals surface area contributed by atoms with Crippen LogP contribution in [0.15, 0.2) is 48.5 Å². The number of amides is 1. The second-order valence-electron chi connectivity index (χ2n) is 8.89. The number of rotatable bonds is 13. The van der Waals surface area contributed by atoms with Crippen LogP contribution in [0.2, 0.25) is 5.02 Å². The molecule has 2 N–H and O–H groups in total. The van der Waals surface area contributed by atoms with E-state index in [1.54, 1.807) is 55.6 Å². The van der Waals surface area contributed by atoms with Crippen molar-refractivity contribution in [1.82, 2.24) is 10.2 Å². The Hall–Kier alpha value is -2.41. The van der Waals surface area contributed by atoms with Crippen LogP contribution in [0.4, 0.5) is 0 Å². The molecule has 3 rings (SSSR count). The van der Waals surface area contributed by atoms with Crippen LogP contribution in [0, 0.1) is 0 Å². The van der Waals surface area contributed by atoms with Gasteiger partial charge in [0, 0.05) is 30.0 Å². The lowest BCUT2D eigenvalue weighted by molar-refractivity contribution is -0.123. The maximum Gasteiger partial charge on any atom is 0.220 e. The number of hydrogen-bond acceptors (Lipinski definition) is 5. The Morgan fingerprint density at radius 3 is 2.29 bits per heavy atom. The maximum atomic E-state index is 12.7. The average molecular weight is 487 g/mol. The molecule has 1 heterocycles. The van der Waals surface area contributed by atoms with E-state index in [4.69, 9.17) is 16.3 Å². The van der Waals surface area contributed by atoms with Gasteiger partial charge in [-0.2, -0.15) is 0 Å². The summed E-state index contributed by atoms with van der Waals surface area (Å²) in [4.78, 5) is 27.3. The van der Waals surface area contributed by atoms with Crippen LogP contribution in [-0.4, -0.2) is 54.5 Å². The molecule has 1 saturated heterocycles. The topological polar surface area (TPSA) is 78.9 Å². The first kappa shape index (κ1) is 26.2. The predicted octanol–water partition coefficient (Wildman–Crippen LogP) is 4.80. The van der Waals surface area contributed by atoms with Crippen molar-refractivity contribution in [3.8, 4) is 5.75 Å². The minimum absolute atomic E-state index is 0.0707. The number of methoxy groups -OCH3 is 1. The van der Waals surface area contributed by atoms with E-state index in [9.17, 15) is 14.7 Å². The van der Waals surface area contributed by atoms with Gasteiger partial charge in [-0.15, -0.1) is 0 Å². The Morgan fingerprint density at radius 1 is 1.00 bits per heavy atom. The van der Waals surface area contributed by atoms with E-state index < -0.39 is 6.10 Å². The Morgan fingerprint density at radius 2 is 1.65 bits per heavy atom. The lowest BCUT2D eigenvalue weighted by Gasteiger charge is -2.29. The summed E-state index contributed by atoms with van der Waals surface area (Å²) >= 11 is 5.98. The fraction of sp³-hybridized carbons (Fsp3) is 0.481. The zero-order chi connectivity index (χ0) is 24.3. The molecule has 7 heteroatoms. The molecular weight excluding hydrogens is 452 g/mol. The number of aliphatic hydroxyl groups excluding tert-OH is 1. The molecule has 0 aliphatic carbocycles. The number of unbranched alkanes of at least 4 members (excludes halogenated alkanes) is 2. The number of hydrogen-bond donors (Lipinski definition) is 2. The molecule has 0 aromatic heterocycles. The number of likely N-dealkylation sites (tertiary alicyclic amines) is 1. The number of benzene rings is 2. The number of aliphatic hydroxyl groups is 1. The zero-order valence-corrected chi connectivity index (χ0v) is 20.6. The first-order valence-corrected chi connectivity index (χ1v) is 12.5. The monoisotopic (exact) mass is 486 g/mol. The molecule has 2 atom stereocenters. The van der Waals surface area contributed by atoms with Crippen LogP contribution < -0.4 is 10.1 Å². The number of nitrogens with one attached hydrogen (secondary N) is 1. The second-order valence-corrected chi connectivity index (χ2v) is 9.33. The van der Waals surface area contributed by atoms with Crippen molar-refractivity contribution in [3.63, 3.8) is 0 Å². The number of Topliss-reactive ketones (excluding diaryl/α,β-unsaturated/α-hetero) is 1. The van der Waals surface area contributed by atoms with E-state index in [0.717, 1.165) is 50.1 Å². The highest BCUT2D eigenvalue weighted by Crippen LogP contribution is 2.22. The minimum Gasteiger partial charge on any atom is -0.497 e. The Balaban J connectivity index is 1.43. The molecule has 0 radical (unpaired) electrons. The number of ether oxygens (including phenoxy) is 1. The minimum atomic E-state index is -0.802. The summed E-state index contributed by atoms with van der Waals surface area (Å²) in [6.45, 7) is 2.59. The first-order valence-electron chi connectivity index (χ1n) is 12.1. The highest BCUT2D eigenvalue weighted by atomic mass is 35.5. The molecule has 0 bridgehead atoms. The van der Waals surface area contributed by atoms with Crippen molar-refractivity contribution in [3.05, 3.63) is 64.7 Å². The van der Waals surface area contributed by atoms with Gasteiger partial charge in [-0.05, 0) is 80.7 Å². The van der Waals surface area contributed by atoms with E-state index in [2.05, 4.69) is 10.2 Å². The van der Waals surface area contributed by atoms with E-state index in [1.807, 2.05) is 0 Å². The molecule has 0 spiro atoms. The maximum absolute atomic E-state index is 12.7. The van der Waals surface area contributed by atoms with Gasteiger partial charge in [0.15, 0.2) is 5.78 Å². The van der Waals surface area contributed by atoms with Gasteiger partial charge in [-0.3, -0.25) is 9.59 Å². The van der Waals surface area contributed by atoms with Crippen LogP contribution in [-0.2, 0) is 4.79 Å². The number of carbonyl (C=O) groups excluding carboxylic acids is 2. The number of halogens is 1. The third kappa shape index (κ3) is 8.12. The highest BCUT2D eigenvalue weighted by molar-refractivity contribution is 6.30. The molecule has 1 aliphatic rings. The van der Waals surface area contributed by atoms with Gasteiger partial charge >= 0.3 is 0 Å². The zero-order valence-electron chi connectivity index (χ0n) is 19.8. The van der Waals surface area contributed by atoms with Crippen LogP contribution in [0.1, 0.15) is 67.0 Å². The molecule has 0 saturated carbocycles. The van der Waals surface area contributed by atoms with Crippen LogP contribution in [0.3, 0.4) is 0 Å². The van der Waals surface area contributed by atoms with Gasteiger partial charge in [0.1, 0.15) is 11.9 Å². The first-order chi connectivity index (χ1) is 16.5. The molecule has 2 unspecified atom stereocenters. The van der Waals surface area contributed by atoms with E-state index in [1.165, 1.54) is 0 Å². The highest BCUT2D eigenvalue weighted by Gasteiger charge is 2.26. The Labute approximate surface area is 207 Å². The van der Waals surface area contributed by atoms with E-state index in [0.29, 0.717) is 36.4 Å². The summed E-state index contributed by atoms with van der Waals surface area (Å²) in [5.74, 6) is 0.759. The lowest BCUT2D eigenvalue weighted by atomic mass is 10.0. The number of nitrogens with zero attached hydrogens (tertiary/aromatic N) is 1. The van der Waals surface area contributed by atoms with Crippen molar-refractivity contribution in [1.29, 1.82) is 0 Å². The van der Waals surface area contributed by atoms with Gasteiger partial charge in [0.05, 0.1) is 13.2 Å². The average Bonchev–Trinajstić information content (AvgIpc) is 3.36. The SMILES string of the molecule is COc1ccc(C(=O)CCCCCC(=O)NC(CN2CCCC2)C(O)c2ccc(Cl)cc2)cc1. The lowest BCUT2D eigenvalue weighted by Crippen LogP contribution is -2.46. The fourth-order valence-corrected chi connectivity index (χ4v) is 4.43. The van der Waals surface area contributed by atoms with Crippen molar-refractivity contribution in [2.24, 2.45) is 0 Å². The summed E-state index contributed by atoms with van der Waals surface area (Å²) in [7, 11) is 1.60. The molecule has 2 aromatic rings. The standard InChI is InChI=1S/C27H35ClN2O4/c1-34-23-15-11-20(12-16-23)25(31)7-3-2-4-8-26(32)29-24(19-30-17-5-6-18-30)27(33)21-9-13-22(28)14-10-21/h9-16,24,27,33H,2-8,17-19H2,1H3,(H,29,32). The van der Waals surface area contributed by atoms with E-state index >= 15 is 0 Å². The van der Waals surface area contributed by atoms with E-state index in [-0.39, 0.29) is 17.7 Å². The fourth-order valence-electron chi connectivity index (χ4n) is 4.31.